The molecule has 2 heteroatoms. The summed E-state index contributed by atoms with van der Waals surface area (Å²) in [6, 6.07) is 33.1. The molecule has 1 saturated heterocycles. The van der Waals surface area contributed by atoms with Gasteiger partial charge in [0.15, 0.2) is 0 Å². The summed E-state index contributed by atoms with van der Waals surface area (Å²) in [5.41, 5.74) is 16.2. The first kappa shape index (κ1) is 29.8. The van der Waals surface area contributed by atoms with Crippen LogP contribution >= 0.6 is 0 Å². The van der Waals surface area contributed by atoms with Crippen LogP contribution in [0.2, 0.25) is 21.4 Å². The van der Waals surface area contributed by atoms with Crippen molar-refractivity contribution >= 4 is 20.2 Å². The first-order valence-electron chi connectivity index (χ1n) is 17.8. The van der Waals surface area contributed by atoms with E-state index in [0.717, 1.165) is 18.4 Å². The van der Waals surface area contributed by atoms with Gasteiger partial charge in [0.05, 0.1) is 0 Å². The maximum atomic E-state index is 2.85. The van der Waals surface area contributed by atoms with Gasteiger partial charge in [-0.15, -0.1) is 0 Å². The van der Waals surface area contributed by atoms with E-state index in [1.807, 2.05) is 10.4 Å². The molecule has 0 N–H and O–H groups in total. The molecule has 4 aromatic rings. The van der Waals surface area contributed by atoms with E-state index in [0.29, 0.717) is 7.35 Å². The zero-order chi connectivity index (χ0) is 30.9. The molecule has 2 atom stereocenters. The van der Waals surface area contributed by atoms with Crippen molar-refractivity contribution in [3.8, 4) is 22.3 Å². The molecule has 0 aromatic heterocycles. The molecule has 0 radical (unpaired) electrons. The van der Waals surface area contributed by atoms with E-state index in [4.69, 9.17) is 0 Å². The number of fused-ring (bicyclic) bond motifs is 6. The molecule has 45 heavy (non-hydrogen) atoms. The predicted molar refractivity (Wildman–Crippen MR) is 194 cm³/mol. The molecule has 1 saturated carbocycles. The van der Waals surface area contributed by atoms with Gasteiger partial charge in [-0.25, -0.2) is 0 Å². The Bertz CT molecular complexity index is 1740. The number of benzene rings is 4. The van der Waals surface area contributed by atoms with Crippen molar-refractivity contribution in [2.24, 2.45) is 0 Å². The zero-order valence-electron chi connectivity index (χ0n) is 27.9. The molecular formula is C43H48HfSi. The van der Waals surface area contributed by atoms with Gasteiger partial charge in [-0.1, -0.05) is 0 Å². The third kappa shape index (κ3) is 4.37. The number of hydrogen-bond donors (Lipinski definition) is 0. The van der Waals surface area contributed by atoms with Crippen molar-refractivity contribution in [1.29, 1.82) is 0 Å². The summed E-state index contributed by atoms with van der Waals surface area (Å²) >= 11 is -3.09. The Kier molecular flexibility index (Phi) is 7.49. The van der Waals surface area contributed by atoms with E-state index in [1.54, 1.807) is 22.3 Å². The second-order valence-electron chi connectivity index (χ2n) is 15.1. The van der Waals surface area contributed by atoms with Gasteiger partial charge in [-0.05, 0) is 0 Å². The van der Waals surface area contributed by atoms with Crippen LogP contribution < -0.4 is 0 Å². The van der Waals surface area contributed by atoms with Crippen LogP contribution in [0.3, 0.4) is 0 Å². The SMILES string of the molecule is CCc1ccccc1-c1cccc2c1C=C1[CH]2[Hf]([CH3])([CH3])[CH]2C(=Cc3c(-c4ccccc4CC)cccc32)[Si]1(C)C1CCCCC1. The van der Waals surface area contributed by atoms with Crippen molar-refractivity contribution < 1.29 is 20.0 Å². The van der Waals surface area contributed by atoms with E-state index in [9.17, 15) is 0 Å². The van der Waals surface area contributed by atoms with E-state index < -0.39 is 28.0 Å². The van der Waals surface area contributed by atoms with Crippen molar-refractivity contribution in [2.45, 2.75) is 87.6 Å². The number of allylic oxidation sites excluding steroid dienone is 2. The van der Waals surface area contributed by atoms with Gasteiger partial charge in [0, 0.05) is 0 Å². The molecule has 4 aliphatic rings. The van der Waals surface area contributed by atoms with Crippen LogP contribution in [-0.4, -0.2) is 8.07 Å². The fourth-order valence-corrected chi connectivity index (χ4v) is 43.4. The molecule has 0 spiro atoms. The minimum absolute atomic E-state index is 0.694. The third-order valence-corrected chi connectivity index (χ3v) is 35.3. The van der Waals surface area contributed by atoms with Crippen molar-refractivity contribution in [2.75, 3.05) is 0 Å². The van der Waals surface area contributed by atoms with Gasteiger partial charge >= 0.3 is 279 Å². The third-order valence-electron chi connectivity index (χ3n) is 12.6. The van der Waals surface area contributed by atoms with Crippen molar-refractivity contribution in [3.63, 3.8) is 0 Å². The summed E-state index contributed by atoms with van der Waals surface area (Å²) in [7, 11) is -1.99. The first-order valence-corrected chi connectivity index (χ1v) is 31.7. The fourth-order valence-electron chi connectivity index (χ4n) is 10.4. The summed E-state index contributed by atoms with van der Waals surface area (Å²) in [4.78, 5) is 0. The molecule has 0 bridgehead atoms. The summed E-state index contributed by atoms with van der Waals surface area (Å²) in [6.07, 6.45) is 14.9. The molecule has 0 amide bonds. The van der Waals surface area contributed by atoms with E-state index in [-0.39, 0.29) is 0 Å². The number of aryl methyl sites for hydroxylation is 2. The van der Waals surface area contributed by atoms with Crippen LogP contribution in [0, 0.1) is 0 Å². The van der Waals surface area contributed by atoms with Crippen molar-refractivity contribution in [1.82, 2.24) is 0 Å². The second-order valence-corrected chi connectivity index (χ2v) is 36.7. The minimum atomic E-state index is -3.09. The van der Waals surface area contributed by atoms with Gasteiger partial charge in [-0.2, -0.15) is 0 Å². The summed E-state index contributed by atoms with van der Waals surface area (Å²) in [6.45, 7) is 7.47. The standard InChI is InChI=1S/C41H42Si.2CH3.Hf/c1-4-29-15-9-11-21-36(29)38-23-13-17-31-25-34(27-40(31)38)42(3,33-19-7-6-8-20-33)35-26-32-18-14-24-39(41(32)28-35)37-22-12-10-16-30(37)5-2;;;/h9-18,21-28,33H,4-8,19-20H2,1-3H3;2*1H3;. The molecule has 1 heterocycles. The van der Waals surface area contributed by atoms with E-state index >= 15 is 0 Å². The summed E-state index contributed by atoms with van der Waals surface area (Å²) in [5, 5.41) is 3.87. The summed E-state index contributed by atoms with van der Waals surface area (Å²) in [5.74, 6) is 0. The molecule has 1 aliphatic heterocycles. The molecule has 2 unspecified atom stereocenters. The van der Waals surface area contributed by atoms with Crippen molar-refractivity contribution in [3.05, 3.63) is 129 Å². The van der Waals surface area contributed by atoms with Gasteiger partial charge in [0.2, 0.25) is 0 Å². The van der Waals surface area contributed by atoms with Gasteiger partial charge < -0.3 is 0 Å². The Balaban J connectivity index is 1.38. The molecule has 8 rings (SSSR count). The van der Waals surface area contributed by atoms with Crippen LogP contribution in [0.25, 0.3) is 34.4 Å². The molecule has 228 valence electrons. The van der Waals surface area contributed by atoms with Gasteiger partial charge in [-0.3, -0.25) is 0 Å². The quantitative estimate of drug-likeness (QED) is 0.177. The first-order chi connectivity index (χ1) is 21.9. The molecule has 0 nitrogen and oxygen atoms in total. The Morgan fingerprint density at radius 2 is 1.02 bits per heavy atom. The Morgan fingerprint density at radius 3 is 1.49 bits per heavy atom. The second kappa shape index (κ2) is 11.3. The maximum absolute atomic E-state index is 3.09. The predicted octanol–water partition coefficient (Wildman–Crippen LogP) is 12.5. The monoisotopic (exact) mass is 772 g/mol. The van der Waals surface area contributed by atoms with Crippen LogP contribution in [-0.2, 0) is 32.8 Å². The number of rotatable bonds is 5. The average Bonchev–Trinajstić information content (AvgIpc) is 3.69. The van der Waals surface area contributed by atoms with E-state index in [2.05, 4.69) is 127 Å². The zero-order valence-corrected chi connectivity index (χ0v) is 32.5. The Hall–Kier alpha value is -2.55. The summed E-state index contributed by atoms with van der Waals surface area (Å²) < 4.78 is 7.06. The average molecular weight is 771 g/mol. The van der Waals surface area contributed by atoms with Crippen LogP contribution in [0.15, 0.2) is 95.3 Å². The molecular weight excluding hydrogens is 723 g/mol. The normalized spacial score (nSPS) is 24.7. The van der Waals surface area contributed by atoms with Crippen LogP contribution in [0.1, 0.15) is 86.7 Å². The van der Waals surface area contributed by atoms with Gasteiger partial charge in [0.25, 0.3) is 0 Å². The van der Waals surface area contributed by atoms with Crippen LogP contribution in [0.5, 0.6) is 0 Å². The van der Waals surface area contributed by atoms with Crippen LogP contribution in [0.4, 0.5) is 0 Å². The Labute approximate surface area is 277 Å². The number of hydrogen-bond acceptors (Lipinski definition) is 0. The fraction of sp³-hybridized carbons (Fsp3) is 0.349. The molecule has 2 fully saturated rings. The Morgan fingerprint density at radius 1 is 0.578 bits per heavy atom. The van der Waals surface area contributed by atoms with E-state index in [1.165, 1.54) is 65.5 Å². The molecule has 4 aromatic carbocycles. The van der Waals surface area contributed by atoms with Gasteiger partial charge in [0.1, 0.15) is 0 Å². The topological polar surface area (TPSA) is 0 Å². The molecule has 3 aliphatic carbocycles.